The number of esters is 1. The Labute approximate surface area is 218 Å². The number of hydrogen-bond donors (Lipinski definition) is 2. The smallest absolute Gasteiger partial charge is 0.342 e. The molecule has 0 spiro atoms. The fourth-order valence-corrected chi connectivity index (χ4v) is 4.01. The van der Waals surface area contributed by atoms with E-state index in [0.29, 0.717) is 31.6 Å². The van der Waals surface area contributed by atoms with Gasteiger partial charge in [-0.2, -0.15) is 0 Å². The van der Waals surface area contributed by atoms with Crippen molar-refractivity contribution in [3.05, 3.63) is 46.5 Å². The zero-order valence-electron chi connectivity index (χ0n) is 21.2. The van der Waals surface area contributed by atoms with Crippen molar-refractivity contribution in [2.24, 2.45) is 5.16 Å². The predicted molar refractivity (Wildman–Crippen MR) is 141 cm³/mol. The standard InChI is InChI=1S/C27H37ClN2O6/c1-3-5-7-12-16-35-27(34)25-21(26(28)23(32)18-22(25)31)17-20(13-6-4-2)29-36-19-24(33)30-14-10-8-9-11-15-30/h5-7,13,18,31-32H,3-4,8-12,14-17,19H2,1-2H3/b7-5+,13-6+,29-20+. The van der Waals surface area contributed by atoms with Gasteiger partial charge in [0.05, 0.1) is 17.3 Å². The number of nitrogens with zero attached hydrogens (tertiary/aromatic N) is 2. The van der Waals surface area contributed by atoms with Crippen LogP contribution in [0.2, 0.25) is 5.02 Å². The van der Waals surface area contributed by atoms with Crippen molar-refractivity contribution < 1.29 is 29.4 Å². The van der Waals surface area contributed by atoms with Crippen molar-refractivity contribution >= 4 is 29.2 Å². The van der Waals surface area contributed by atoms with E-state index in [-0.39, 0.29) is 47.4 Å². The first-order valence-corrected chi connectivity index (χ1v) is 12.9. The summed E-state index contributed by atoms with van der Waals surface area (Å²) in [6, 6.07) is 1.01. The van der Waals surface area contributed by atoms with Gasteiger partial charge in [-0.05, 0) is 43.7 Å². The fourth-order valence-electron chi connectivity index (χ4n) is 3.79. The minimum absolute atomic E-state index is 0.0324. The summed E-state index contributed by atoms with van der Waals surface area (Å²) < 4.78 is 5.31. The third-order valence-electron chi connectivity index (χ3n) is 5.68. The Bertz CT molecular complexity index is 966. The summed E-state index contributed by atoms with van der Waals surface area (Å²) in [5, 5.41) is 24.6. The molecule has 0 unspecified atom stereocenters. The van der Waals surface area contributed by atoms with Crippen LogP contribution in [0.25, 0.3) is 0 Å². The lowest BCUT2D eigenvalue weighted by Gasteiger charge is -2.19. The highest BCUT2D eigenvalue weighted by Crippen LogP contribution is 2.37. The highest BCUT2D eigenvalue weighted by Gasteiger charge is 2.24. The maximum Gasteiger partial charge on any atom is 0.342 e. The van der Waals surface area contributed by atoms with E-state index < -0.39 is 11.7 Å². The molecule has 1 amide bonds. The number of allylic oxidation sites excluding steroid dienone is 3. The SMILES string of the molecule is CC/C=C/CCOC(=O)c1c(O)cc(O)c(Cl)c1CC(/C=C/CC)=N/OCC(=O)N1CCCCCC1. The zero-order valence-corrected chi connectivity index (χ0v) is 21.9. The number of amides is 1. The number of rotatable bonds is 12. The van der Waals surface area contributed by atoms with E-state index in [9.17, 15) is 19.8 Å². The van der Waals surface area contributed by atoms with E-state index in [2.05, 4.69) is 5.16 Å². The number of halogens is 1. The highest BCUT2D eigenvalue weighted by atomic mass is 35.5. The Hall–Kier alpha value is -3.00. The molecule has 1 aliphatic rings. The van der Waals surface area contributed by atoms with Crippen LogP contribution in [0, 0.1) is 0 Å². The van der Waals surface area contributed by atoms with Gasteiger partial charge in [0.25, 0.3) is 5.91 Å². The number of aromatic hydroxyl groups is 2. The first kappa shape index (κ1) is 29.2. The van der Waals surface area contributed by atoms with Crippen molar-refractivity contribution in [2.75, 3.05) is 26.3 Å². The van der Waals surface area contributed by atoms with E-state index >= 15 is 0 Å². The molecule has 1 saturated heterocycles. The lowest BCUT2D eigenvalue weighted by molar-refractivity contribution is -0.136. The largest absolute Gasteiger partial charge is 0.507 e. The molecule has 1 heterocycles. The number of likely N-dealkylation sites (tertiary alicyclic amines) is 1. The topological polar surface area (TPSA) is 109 Å². The van der Waals surface area contributed by atoms with Gasteiger partial charge in [0.15, 0.2) is 6.61 Å². The van der Waals surface area contributed by atoms with E-state index in [4.69, 9.17) is 21.2 Å². The number of carbonyl (C=O) groups is 2. The van der Waals surface area contributed by atoms with Crippen LogP contribution >= 0.6 is 11.6 Å². The van der Waals surface area contributed by atoms with E-state index in [0.717, 1.165) is 38.2 Å². The van der Waals surface area contributed by atoms with Crippen molar-refractivity contribution in [1.29, 1.82) is 0 Å². The number of oxime groups is 1. The minimum Gasteiger partial charge on any atom is -0.507 e. The molecule has 8 nitrogen and oxygen atoms in total. The first-order valence-electron chi connectivity index (χ1n) is 12.6. The van der Waals surface area contributed by atoms with Gasteiger partial charge in [0.2, 0.25) is 0 Å². The number of ether oxygens (including phenoxy) is 1. The molecule has 2 rings (SSSR count). The van der Waals surface area contributed by atoms with Gasteiger partial charge in [-0.25, -0.2) is 4.79 Å². The first-order chi connectivity index (χ1) is 17.4. The molecule has 198 valence electrons. The quantitative estimate of drug-likeness (QED) is 0.123. The average molecular weight is 521 g/mol. The van der Waals surface area contributed by atoms with Crippen LogP contribution in [0.15, 0.2) is 35.5 Å². The van der Waals surface area contributed by atoms with Crippen molar-refractivity contribution in [1.82, 2.24) is 4.90 Å². The molecule has 0 aromatic heterocycles. The van der Waals surface area contributed by atoms with Gasteiger partial charge in [0.1, 0.15) is 17.1 Å². The second-order valence-electron chi connectivity index (χ2n) is 8.53. The molecule has 0 atom stereocenters. The molecular weight excluding hydrogens is 484 g/mol. The fraction of sp³-hybridized carbons (Fsp3) is 0.519. The lowest BCUT2D eigenvalue weighted by Crippen LogP contribution is -2.34. The number of hydrogen-bond acceptors (Lipinski definition) is 7. The van der Waals surface area contributed by atoms with Crippen molar-refractivity contribution in [3.63, 3.8) is 0 Å². The summed E-state index contributed by atoms with van der Waals surface area (Å²) in [5.41, 5.74) is 0.382. The monoisotopic (exact) mass is 520 g/mol. The molecule has 0 saturated carbocycles. The molecule has 1 aliphatic heterocycles. The van der Waals surface area contributed by atoms with Gasteiger partial charge in [-0.3, -0.25) is 4.79 Å². The second-order valence-corrected chi connectivity index (χ2v) is 8.90. The van der Waals surface area contributed by atoms with Crippen LogP contribution in [0.5, 0.6) is 11.5 Å². The molecule has 1 aromatic rings. The Balaban J connectivity index is 2.21. The van der Waals surface area contributed by atoms with E-state index in [1.165, 1.54) is 0 Å². The van der Waals surface area contributed by atoms with Crippen molar-refractivity contribution in [3.8, 4) is 11.5 Å². The number of phenols is 2. The van der Waals surface area contributed by atoms with Gasteiger partial charge >= 0.3 is 5.97 Å². The van der Waals surface area contributed by atoms with Gasteiger partial charge in [-0.1, -0.05) is 61.7 Å². The maximum absolute atomic E-state index is 12.8. The Kier molecular flexibility index (Phi) is 12.9. The van der Waals surface area contributed by atoms with Crippen LogP contribution in [0.3, 0.4) is 0 Å². The van der Waals surface area contributed by atoms with Crippen molar-refractivity contribution in [2.45, 2.75) is 65.2 Å². The average Bonchev–Trinajstić information content (AvgIpc) is 3.15. The molecular formula is C27H37ClN2O6. The van der Waals surface area contributed by atoms with Gasteiger partial charge < -0.3 is 24.7 Å². The normalized spacial score (nSPS) is 14.9. The summed E-state index contributed by atoms with van der Waals surface area (Å²) in [5.74, 6) is -1.71. The van der Waals surface area contributed by atoms with Crippen LogP contribution in [-0.4, -0.2) is 59.0 Å². The summed E-state index contributed by atoms with van der Waals surface area (Å²) in [4.78, 5) is 32.5. The Morgan fingerprint density at radius 3 is 2.42 bits per heavy atom. The molecule has 9 heteroatoms. The number of phenolic OH excluding ortho intramolecular Hbond substituents is 2. The predicted octanol–water partition coefficient (Wildman–Crippen LogP) is 5.55. The van der Waals surface area contributed by atoms with Crippen LogP contribution in [-0.2, 0) is 20.8 Å². The summed E-state index contributed by atoms with van der Waals surface area (Å²) >= 11 is 6.34. The van der Waals surface area contributed by atoms with E-state index in [1.807, 2.05) is 32.1 Å². The highest BCUT2D eigenvalue weighted by molar-refractivity contribution is 6.33. The molecule has 0 aliphatic carbocycles. The molecule has 36 heavy (non-hydrogen) atoms. The molecule has 0 radical (unpaired) electrons. The molecule has 1 aromatic carbocycles. The maximum atomic E-state index is 12.8. The van der Waals surface area contributed by atoms with Gasteiger partial charge in [0, 0.05) is 25.6 Å². The molecule has 0 bridgehead atoms. The van der Waals surface area contributed by atoms with Crippen LogP contribution < -0.4 is 0 Å². The van der Waals surface area contributed by atoms with Crippen LogP contribution in [0.1, 0.15) is 74.7 Å². The lowest BCUT2D eigenvalue weighted by atomic mass is 9.99. The van der Waals surface area contributed by atoms with Crippen LogP contribution in [0.4, 0.5) is 0 Å². The molecule has 2 N–H and O–H groups in total. The molecule has 1 fully saturated rings. The Morgan fingerprint density at radius 2 is 1.75 bits per heavy atom. The third-order valence-corrected chi connectivity index (χ3v) is 6.10. The number of benzene rings is 1. The van der Waals surface area contributed by atoms with Gasteiger partial charge in [-0.15, -0.1) is 0 Å². The zero-order chi connectivity index (χ0) is 26.3. The Morgan fingerprint density at radius 1 is 1.06 bits per heavy atom. The summed E-state index contributed by atoms with van der Waals surface area (Å²) in [7, 11) is 0. The second kappa shape index (κ2) is 15.9. The summed E-state index contributed by atoms with van der Waals surface area (Å²) in [6.07, 6.45) is 13.7. The minimum atomic E-state index is -0.759. The summed E-state index contributed by atoms with van der Waals surface area (Å²) in [6.45, 7) is 5.30. The van der Waals surface area contributed by atoms with E-state index in [1.54, 1.807) is 11.0 Å². The number of carbonyl (C=O) groups excluding carboxylic acids is 2. The third kappa shape index (κ3) is 9.22.